The highest BCUT2D eigenvalue weighted by Crippen LogP contribution is 2.27. The molecule has 6 nitrogen and oxygen atoms in total. The molecule has 0 radical (unpaired) electrons. The molecular formula is C15H19N5OS. The fourth-order valence-electron chi connectivity index (χ4n) is 2.64. The maximum absolute atomic E-state index is 12.8. The second-order valence-electron chi connectivity index (χ2n) is 5.38. The molecule has 2 aromatic rings. The summed E-state index contributed by atoms with van der Waals surface area (Å²) < 4.78 is 0. The number of piperidine rings is 1. The van der Waals surface area contributed by atoms with Crippen LogP contribution in [0.4, 0.5) is 0 Å². The number of rotatable bonds is 3. The van der Waals surface area contributed by atoms with Crippen molar-refractivity contribution < 1.29 is 4.79 Å². The lowest BCUT2D eigenvalue weighted by molar-refractivity contribution is 0.0702. The molecule has 7 heteroatoms. The van der Waals surface area contributed by atoms with Crippen molar-refractivity contribution in [2.75, 3.05) is 20.1 Å². The lowest BCUT2D eigenvalue weighted by atomic mass is 10.1. The van der Waals surface area contributed by atoms with E-state index >= 15 is 0 Å². The van der Waals surface area contributed by atoms with E-state index in [9.17, 15) is 4.79 Å². The molecule has 2 aromatic heterocycles. The van der Waals surface area contributed by atoms with Gasteiger partial charge in [-0.15, -0.1) is 11.3 Å². The molecule has 116 valence electrons. The minimum Gasteiger partial charge on any atom is -0.336 e. The van der Waals surface area contributed by atoms with E-state index in [0.29, 0.717) is 21.8 Å². The Hall–Kier alpha value is -1.86. The van der Waals surface area contributed by atoms with E-state index < -0.39 is 0 Å². The Bertz CT molecular complexity index is 657. The lowest BCUT2D eigenvalue weighted by Crippen LogP contribution is -2.46. The van der Waals surface area contributed by atoms with Crippen LogP contribution in [0.5, 0.6) is 0 Å². The molecule has 3 heterocycles. The van der Waals surface area contributed by atoms with Gasteiger partial charge in [0.1, 0.15) is 4.88 Å². The SMILES string of the molecule is CNC1CCCN(C(=O)c2sc(-c3ncccn3)nc2C)C1. The standard InChI is InChI=1S/C15H19N5OS/c1-10-12(15(21)20-8-3-5-11(9-20)16-2)22-14(19-10)13-17-6-4-7-18-13/h4,6-7,11,16H,3,5,8-9H2,1-2H3. The average Bonchev–Trinajstić information content (AvgIpc) is 2.97. The van der Waals surface area contributed by atoms with Crippen LogP contribution in [0.2, 0.25) is 0 Å². The first-order valence-corrected chi connectivity index (χ1v) is 8.22. The number of thiazole rings is 1. The minimum atomic E-state index is 0.0668. The Morgan fingerprint density at radius 2 is 2.18 bits per heavy atom. The second-order valence-corrected chi connectivity index (χ2v) is 6.38. The van der Waals surface area contributed by atoms with Gasteiger partial charge in [0.25, 0.3) is 5.91 Å². The molecule has 1 aliphatic rings. The molecule has 0 aliphatic carbocycles. The van der Waals surface area contributed by atoms with Crippen LogP contribution in [-0.4, -0.2) is 51.9 Å². The molecule has 1 aliphatic heterocycles. The Morgan fingerprint density at radius 1 is 1.41 bits per heavy atom. The van der Waals surface area contributed by atoms with Crippen LogP contribution in [-0.2, 0) is 0 Å². The van der Waals surface area contributed by atoms with Gasteiger partial charge in [-0.1, -0.05) is 0 Å². The van der Waals surface area contributed by atoms with Crippen LogP contribution in [0, 0.1) is 6.92 Å². The quantitative estimate of drug-likeness (QED) is 0.933. The van der Waals surface area contributed by atoms with E-state index in [0.717, 1.165) is 31.6 Å². The highest BCUT2D eigenvalue weighted by Gasteiger charge is 2.26. The topological polar surface area (TPSA) is 71.0 Å². The molecule has 3 rings (SSSR count). The van der Waals surface area contributed by atoms with Crippen molar-refractivity contribution in [3.8, 4) is 10.8 Å². The van der Waals surface area contributed by atoms with E-state index in [2.05, 4.69) is 20.3 Å². The van der Waals surface area contributed by atoms with E-state index in [-0.39, 0.29) is 5.91 Å². The Morgan fingerprint density at radius 3 is 2.91 bits per heavy atom. The van der Waals surface area contributed by atoms with Crippen molar-refractivity contribution in [2.24, 2.45) is 0 Å². The summed E-state index contributed by atoms with van der Waals surface area (Å²) in [6.45, 7) is 3.44. The highest BCUT2D eigenvalue weighted by molar-refractivity contribution is 7.17. The summed E-state index contributed by atoms with van der Waals surface area (Å²) in [5.74, 6) is 0.638. The molecule has 22 heavy (non-hydrogen) atoms. The van der Waals surface area contributed by atoms with Crippen molar-refractivity contribution in [3.63, 3.8) is 0 Å². The molecule has 0 aromatic carbocycles. The zero-order valence-corrected chi connectivity index (χ0v) is 13.6. The minimum absolute atomic E-state index is 0.0668. The van der Waals surface area contributed by atoms with E-state index in [4.69, 9.17) is 0 Å². The third-order valence-electron chi connectivity index (χ3n) is 3.86. The molecule has 1 fully saturated rings. The van der Waals surface area contributed by atoms with Gasteiger partial charge in [-0.2, -0.15) is 0 Å². The number of carbonyl (C=O) groups is 1. The number of amides is 1. The van der Waals surface area contributed by atoms with Gasteiger partial charge < -0.3 is 10.2 Å². The Labute approximate surface area is 133 Å². The third-order valence-corrected chi connectivity index (χ3v) is 5.01. The van der Waals surface area contributed by atoms with Gasteiger partial charge in [-0.05, 0) is 32.9 Å². The monoisotopic (exact) mass is 317 g/mol. The summed E-state index contributed by atoms with van der Waals surface area (Å²) >= 11 is 1.38. The highest BCUT2D eigenvalue weighted by atomic mass is 32.1. The average molecular weight is 317 g/mol. The van der Waals surface area contributed by atoms with Crippen LogP contribution in [0.3, 0.4) is 0 Å². The van der Waals surface area contributed by atoms with Gasteiger partial charge in [0.2, 0.25) is 0 Å². The van der Waals surface area contributed by atoms with Crippen LogP contribution in [0.25, 0.3) is 10.8 Å². The molecule has 1 N–H and O–H groups in total. The predicted molar refractivity (Wildman–Crippen MR) is 85.9 cm³/mol. The zero-order valence-electron chi connectivity index (χ0n) is 12.7. The smallest absolute Gasteiger partial charge is 0.265 e. The van der Waals surface area contributed by atoms with E-state index in [1.165, 1.54) is 11.3 Å². The van der Waals surface area contributed by atoms with Crippen LogP contribution < -0.4 is 5.32 Å². The van der Waals surface area contributed by atoms with Gasteiger partial charge in [0.15, 0.2) is 10.8 Å². The number of likely N-dealkylation sites (N-methyl/N-ethyl adjacent to an activating group) is 1. The first-order chi connectivity index (χ1) is 10.7. The van der Waals surface area contributed by atoms with Crippen molar-refractivity contribution in [3.05, 3.63) is 29.0 Å². The maximum atomic E-state index is 12.8. The molecule has 1 unspecified atom stereocenters. The molecule has 1 saturated heterocycles. The molecule has 0 spiro atoms. The Kier molecular flexibility index (Phi) is 4.44. The van der Waals surface area contributed by atoms with Crippen molar-refractivity contribution in [1.82, 2.24) is 25.2 Å². The number of carbonyl (C=O) groups excluding carboxylic acids is 1. The normalized spacial score (nSPS) is 18.5. The summed E-state index contributed by atoms with van der Waals surface area (Å²) in [6, 6.07) is 2.14. The first-order valence-electron chi connectivity index (χ1n) is 7.40. The Balaban J connectivity index is 1.83. The number of likely N-dealkylation sites (tertiary alicyclic amines) is 1. The largest absolute Gasteiger partial charge is 0.336 e. The molecule has 1 amide bonds. The lowest BCUT2D eigenvalue weighted by Gasteiger charge is -2.32. The second kappa shape index (κ2) is 6.50. The van der Waals surface area contributed by atoms with Crippen molar-refractivity contribution >= 4 is 17.2 Å². The summed E-state index contributed by atoms with van der Waals surface area (Å²) in [7, 11) is 1.95. The molecule has 1 atom stereocenters. The molecule has 0 saturated carbocycles. The fourth-order valence-corrected chi connectivity index (χ4v) is 3.62. The summed E-state index contributed by atoms with van der Waals surface area (Å²) in [5.41, 5.74) is 0.754. The number of nitrogens with one attached hydrogen (secondary N) is 1. The van der Waals surface area contributed by atoms with Crippen molar-refractivity contribution in [1.29, 1.82) is 0 Å². The number of hydrogen-bond donors (Lipinski definition) is 1. The fraction of sp³-hybridized carbons (Fsp3) is 0.467. The third kappa shape index (κ3) is 3.00. The number of aromatic nitrogens is 3. The van der Waals surface area contributed by atoms with Gasteiger partial charge in [0.05, 0.1) is 5.69 Å². The first kappa shape index (κ1) is 15.1. The van der Waals surface area contributed by atoms with Gasteiger partial charge >= 0.3 is 0 Å². The zero-order chi connectivity index (χ0) is 15.5. The number of hydrogen-bond acceptors (Lipinski definition) is 6. The predicted octanol–water partition coefficient (Wildman–Crippen LogP) is 1.73. The molecular weight excluding hydrogens is 298 g/mol. The number of aryl methyl sites for hydroxylation is 1. The number of nitrogens with zero attached hydrogens (tertiary/aromatic N) is 4. The summed E-state index contributed by atoms with van der Waals surface area (Å²) in [6.07, 6.45) is 5.51. The summed E-state index contributed by atoms with van der Waals surface area (Å²) in [4.78, 5) is 28.2. The van der Waals surface area contributed by atoms with Gasteiger partial charge in [-0.3, -0.25) is 4.79 Å². The van der Waals surface area contributed by atoms with E-state index in [1.807, 2.05) is 18.9 Å². The van der Waals surface area contributed by atoms with Gasteiger partial charge in [-0.25, -0.2) is 15.0 Å². The van der Waals surface area contributed by atoms with Crippen LogP contribution >= 0.6 is 11.3 Å². The van der Waals surface area contributed by atoms with Crippen molar-refractivity contribution in [2.45, 2.75) is 25.8 Å². The molecule has 0 bridgehead atoms. The maximum Gasteiger partial charge on any atom is 0.265 e. The van der Waals surface area contributed by atoms with Crippen LogP contribution in [0.1, 0.15) is 28.2 Å². The van der Waals surface area contributed by atoms with Gasteiger partial charge in [0, 0.05) is 31.5 Å². The van der Waals surface area contributed by atoms with E-state index in [1.54, 1.807) is 18.5 Å². The van der Waals surface area contributed by atoms with Crippen LogP contribution in [0.15, 0.2) is 18.5 Å². The summed E-state index contributed by atoms with van der Waals surface area (Å²) in [5, 5.41) is 3.96.